The molecule has 0 aliphatic heterocycles. The van der Waals surface area contributed by atoms with Gasteiger partial charge in [0.05, 0.1) is 0 Å². The first-order chi connectivity index (χ1) is 7.67. The Bertz CT molecular complexity index is 339. The van der Waals surface area contributed by atoms with E-state index in [1.165, 1.54) is 12.1 Å². The topological polar surface area (TPSA) is 108 Å². The van der Waals surface area contributed by atoms with Gasteiger partial charge >= 0.3 is 13.2 Å². The first-order valence-electron chi connectivity index (χ1n) is 4.33. The molecule has 16 heavy (non-hydrogen) atoms. The highest BCUT2D eigenvalue weighted by molar-refractivity contribution is 6.60. The van der Waals surface area contributed by atoms with Gasteiger partial charge in [0, 0.05) is 6.54 Å². The van der Waals surface area contributed by atoms with Gasteiger partial charge in [-0.25, -0.2) is 4.79 Å². The first-order valence-corrected chi connectivity index (χ1v) is 4.33. The molecule has 0 saturated heterocycles. The lowest BCUT2D eigenvalue weighted by atomic mass is 9.80. The third-order valence-electron chi connectivity index (χ3n) is 1.89. The Labute approximate surface area is 91.2 Å². The summed E-state index contributed by atoms with van der Waals surface area (Å²) in [4.78, 5) is 17.9. The average molecular weight is 227 g/mol. The van der Waals surface area contributed by atoms with E-state index in [4.69, 9.17) is 15.6 Å². The molecular formula is C8H10BNO6. The minimum atomic E-state index is -1.28. The number of nitrogens with one attached hydrogen (secondary N) is 1. The predicted molar refractivity (Wildman–Crippen MR) is 54.1 cm³/mol. The number of carboxylic acid groups (broad SMARTS) is 1. The lowest BCUT2D eigenvalue weighted by Gasteiger charge is -2.06. The van der Waals surface area contributed by atoms with Crippen molar-refractivity contribution in [2.45, 2.75) is 6.54 Å². The largest absolute Gasteiger partial charge is 0.554 e. The van der Waals surface area contributed by atoms with Crippen LogP contribution in [0.1, 0.15) is 5.56 Å². The molecule has 0 saturated carbocycles. The molecule has 0 aliphatic carbocycles. The lowest BCUT2D eigenvalue weighted by Crippen LogP contribution is -2.35. The Kier molecular flexibility index (Phi) is 4.74. The normalized spacial score (nSPS) is 9.88. The van der Waals surface area contributed by atoms with Gasteiger partial charge in [-0.15, -0.1) is 0 Å². The van der Waals surface area contributed by atoms with E-state index in [0.29, 0.717) is 5.46 Å². The molecule has 0 unspecified atom stereocenters. The van der Waals surface area contributed by atoms with Crippen LogP contribution in [0.3, 0.4) is 0 Å². The molecule has 0 atom stereocenters. The number of amides is 1. The number of benzene rings is 1. The van der Waals surface area contributed by atoms with Crippen molar-refractivity contribution < 1.29 is 30.0 Å². The van der Waals surface area contributed by atoms with Gasteiger partial charge in [0.15, 0.2) is 0 Å². The molecule has 0 aromatic heterocycles. The van der Waals surface area contributed by atoms with E-state index < -0.39 is 13.2 Å². The van der Waals surface area contributed by atoms with E-state index in [0.717, 1.165) is 5.56 Å². The number of hydrogen-bond donors (Lipinski definition) is 4. The van der Waals surface area contributed by atoms with Crippen LogP contribution in [0.4, 0.5) is 4.79 Å². The van der Waals surface area contributed by atoms with Crippen molar-refractivity contribution in [3.05, 3.63) is 29.8 Å². The molecule has 1 rings (SSSR count). The SMILES string of the molecule is O=C(O)NCc1ccc(B(OO)OO)cc1. The van der Waals surface area contributed by atoms with Crippen molar-refractivity contribution in [3.8, 4) is 0 Å². The molecule has 8 heteroatoms. The third kappa shape index (κ3) is 3.52. The summed E-state index contributed by atoms with van der Waals surface area (Å²) in [5.41, 5.74) is 1.12. The smallest absolute Gasteiger partial charge is 0.465 e. The van der Waals surface area contributed by atoms with E-state index >= 15 is 0 Å². The second-order valence-corrected chi connectivity index (χ2v) is 2.94. The summed E-state index contributed by atoms with van der Waals surface area (Å²) < 4.78 is 0. The molecule has 4 N–H and O–H groups in total. The summed E-state index contributed by atoms with van der Waals surface area (Å²) in [5, 5.41) is 27.3. The van der Waals surface area contributed by atoms with Crippen molar-refractivity contribution >= 4 is 18.7 Å². The van der Waals surface area contributed by atoms with E-state index in [1.807, 2.05) is 0 Å². The maximum absolute atomic E-state index is 10.2. The van der Waals surface area contributed by atoms with Crippen LogP contribution in [-0.4, -0.2) is 28.8 Å². The van der Waals surface area contributed by atoms with Crippen molar-refractivity contribution in [2.24, 2.45) is 0 Å². The van der Waals surface area contributed by atoms with E-state index in [9.17, 15) is 4.79 Å². The van der Waals surface area contributed by atoms with Crippen LogP contribution < -0.4 is 10.8 Å². The fraction of sp³-hybridized carbons (Fsp3) is 0.125. The predicted octanol–water partition coefficient (Wildman–Crippen LogP) is 0.129. The van der Waals surface area contributed by atoms with Crippen LogP contribution in [0.2, 0.25) is 0 Å². The van der Waals surface area contributed by atoms with Gasteiger partial charge in [0.25, 0.3) is 0 Å². The summed E-state index contributed by atoms with van der Waals surface area (Å²) in [6, 6.07) is 6.26. The second-order valence-electron chi connectivity index (χ2n) is 2.94. The molecule has 1 aromatic carbocycles. The Balaban J connectivity index is 2.63. The third-order valence-corrected chi connectivity index (χ3v) is 1.89. The van der Waals surface area contributed by atoms with Crippen LogP contribution in [0.25, 0.3) is 0 Å². The Morgan fingerprint density at radius 3 is 2.25 bits per heavy atom. The summed E-state index contributed by atoms with van der Waals surface area (Å²) in [6.07, 6.45) is -1.11. The summed E-state index contributed by atoms with van der Waals surface area (Å²) in [6.45, 7) is 0.167. The van der Waals surface area contributed by atoms with Crippen LogP contribution in [0, 0.1) is 0 Å². The van der Waals surface area contributed by atoms with Crippen molar-refractivity contribution in [1.29, 1.82) is 0 Å². The fourth-order valence-corrected chi connectivity index (χ4v) is 1.11. The summed E-state index contributed by atoms with van der Waals surface area (Å²) in [7, 11) is -1.28. The Hall–Kier alpha value is -1.61. The van der Waals surface area contributed by atoms with Crippen molar-refractivity contribution in [1.82, 2.24) is 5.32 Å². The van der Waals surface area contributed by atoms with Gasteiger partial charge in [0.2, 0.25) is 0 Å². The zero-order chi connectivity index (χ0) is 12.0. The highest BCUT2D eigenvalue weighted by atomic mass is 17.2. The molecule has 0 bridgehead atoms. The zero-order valence-corrected chi connectivity index (χ0v) is 8.16. The maximum atomic E-state index is 10.2. The quantitative estimate of drug-likeness (QED) is 0.323. The monoisotopic (exact) mass is 227 g/mol. The van der Waals surface area contributed by atoms with Crippen LogP contribution >= 0.6 is 0 Å². The minimum absolute atomic E-state index is 0.167. The molecule has 86 valence electrons. The zero-order valence-electron chi connectivity index (χ0n) is 8.16. The molecule has 0 fully saturated rings. The highest BCUT2D eigenvalue weighted by Crippen LogP contribution is 1.98. The minimum Gasteiger partial charge on any atom is -0.465 e. The molecule has 0 aliphatic rings. The van der Waals surface area contributed by atoms with Gasteiger partial charge in [0.1, 0.15) is 0 Å². The Morgan fingerprint density at radius 1 is 1.25 bits per heavy atom. The average Bonchev–Trinajstić information content (AvgIpc) is 2.29. The van der Waals surface area contributed by atoms with E-state index in [2.05, 4.69) is 14.9 Å². The van der Waals surface area contributed by atoms with Crippen LogP contribution in [-0.2, 0) is 16.2 Å². The number of carbonyl (C=O) groups is 1. The van der Waals surface area contributed by atoms with Gasteiger partial charge < -0.3 is 10.4 Å². The van der Waals surface area contributed by atoms with Gasteiger partial charge in [-0.05, 0) is 11.0 Å². The molecule has 1 aromatic rings. The van der Waals surface area contributed by atoms with E-state index in [1.54, 1.807) is 12.1 Å². The first kappa shape index (κ1) is 12.5. The molecule has 1 amide bonds. The summed E-state index contributed by atoms with van der Waals surface area (Å²) >= 11 is 0. The lowest BCUT2D eigenvalue weighted by molar-refractivity contribution is -0.221. The van der Waals surface area contributed by atoms with Gasteiger partial charge in [-0.1, -0.05) is 24.3 Å². The standard InChI is InChI=1S/C8H10BNO6/c11-8(12)10-5-6-1-3-7(4-2-6)9(15-13)16-14/h1-4,10,13-14H,5H2,(H,11,12). The molecule has 7 nitrogen and oxygen atoms in total. The van der Waals surface area contributed by atoms with Crippen molar-refractivity contribution in [2.75, 3.05) is 0 Å². The molecule has 0 spiro atoms. The van der Waals surface area contributed by atoms with Gasteiger partial charge in [-0.2, -0.15) is 0 Å². The van der Waals surface area contributed by atoms with Crippen LogP contribution in [0.5, 0.6) is 0 Å². The number of rotatable bonds is 5. The molecule has 0 radical (unpaired) electrons. The highest BCUT2D eigenvalue weighted by Gasteiger charge is 2.21. The fourth-order valence-electron chi connectivity index (χ4n) is 1.11. The second kappa shape index (κ2) is 6.08. The van der Waals surface area contributed by atoms with E-state index in [-0.39, 0.29) is 6.54 Å². The van der Waals surface area contributed by atoms with Crippen molar-refractivity contribution in [3.63, 3.8) is 0 Å². The maximum Gasteiger partial charge on any atom is 0.554 e. The molecule has 0 heterocycles. The van der Waals surface area contributed by atoms with Crippen LogP contribution in [0.15, 0.2) is 24.3 Å². The Morgan fingerprint density at radius 2 is 1.81 bits per heavy atom. The summed E-state index contributed by atoms with van der Waals surface area (Å²) in [5.74, 6) is 0. The molecular weight excluding hydrogens is 217 g/mol. The van der Waals surface area contributed by atoms with Gasteiger partial charge in [-0.3, -0.25) is 20.1 Å². The number of hydrogen-bond acceptors (Lipinski definition) is 5.